The maximum absolute atomic E-state index is 12.4. The van der Waals surface area contributed by atoms with Crippen LogP contribution in [0.5, 0.6) is 0 Å². The van der Waals surface area contributed by atoms with Crippen LogP contribution in [0.25, 0.3) is 11.0 Å². The van der Waals surface area contributed by atoms with Gasteiger partial charge in [-0.05, 0) is 48.5 Å². The predicted molar refractivity (Wildman–Crippen MR) is 115 cm³/mol. The van der Waals surface area contributed by atoms with Gasteiger partial charge in [0.15, 0.2) is 0 Å². The summed E-state index contributed by atoms with van der Waals surface area (Å²) in [7, 11) is 1.95. The third-order valence-corrected chi connectivity index (χ3v) is 5.07. The van der Waals surface area contributed by atoms with E-state index in [4.69, 9.17) is 11.6 Å². The third kappa shape index (κ3) is 4.07. The van der Waals surface area contributed by atoms with E-state index in [0.717, 1.165) is 16.9 Å². The summed E-state index contributed by atoms with van der Waals surface area (Å²) in [5, 5.41) is 3.47. The van der Waals surface area contributed by atoms with Crippen LogP contribution in [-0.2, 0) is 20.0 Å². The second-order valence-corrected chi connectivity index (χ2v) is 7.17. The van der Waals surface area contributed by atoms with E-state index < -0.39 is 0 Å². The minimum absolute atomic E-state index is 0.0292. The molecular formula is C22H19ClN4O2. The van der Waals surface area contributed by atoms with Crippen molar-refractivity contribution in [1.82, 2.24) is 14.1 Å². The number of carbonyl (C=O) groups excluding carboxylic acids is 1. The van der Waals surface area contributed by atoms with E-state index in [-0.39, 0.29) is 11.5 Å². The number of hydrogen-bond donors (Lipinski definition) is 1. The molecule has 2 heterocycles. The van der Waals surface area contributed by atoms with Crippen molar-refractivity contribution in [2.75, 3.05) is 5.32 Å². The quantitative estimate of drug-likeness (QED) is 0.546. The Kier molecular flexibility index (Phi) is 5.18. The largest absolute Gasteiger partial charge is 0.331 e. The minimum Gasteiger partial charge on any atom is -0.331 e. The lowest BCUT2D eigenvalue weighted by molar-refractivity contribution is 0.102. The van der Waals surface area contributed by atoms with E-state index in [1.165, 1.54) is 0 Å². The summed E-state index contributed by atoms with van der Waals surface area (Å²) < 4.78 is 3.67. The molecular weight excluding hydrogens is 388 g/mol. The molecule has 0 aliphatic rings. The first-order chi connectivity index (χ1) is 14.0. The maximum Gasteiger partial charge on any atom is 0.255 e. The molecule has 0 bridgehead atoms. The number of amides is 1. The Morgan fingerprint density at radius 3 is 2.66 bits per heavy atom. The molecule has 0 spiro atoms. The molecule has 146 valence electrons. The number of hydrogen-bond acceptors (Lipinski definition) is 3. The molecule has 29 heavy (non-hydrogen) atoms. The number of nitrogens with one attached hydrogen (secondary N) is 1. The summed E-state index contributed by atoms with van der Waals surface area (Å²) in [4.78, 5) is 29.0. The molecule has 0 radical (unpaired) electrons. The maximum atomic E-state index is 12.4. The second-order valence-electron chi connectivity index (χ2n) is 6.73. The van der Waals surface area contributed by atoms with E-state index in [0.29, 0.717) is 29.2 Å². The summed E-state index contributed by atoms with van der Waals surface area (Å²) in [6, 6.07) is 17.5. The molecule has 0 fully saturated rings. The van der Waals surface area contributed by atoms with Crippen molar-refractivity contribution in [1.29, 1.82) is 0 Å². The lowest BCUT2D eigenvalue weighted by Crippen LogP contribution is -2.19. The lowest BCUT2D eigenvalue weighted by Gasteiger charge is -2.06. The average molecular weight is 407 g/mol. The molecule has 0 saturated heterocycles. The molecule has 6 nitrogen and oxygen atoms in total. The average Bonchev–Trinajstić information content (AvgIpc) is 3.03. The molecule has 0 atom stereocenters. The van der Waals surface area contributed by atoms with Gasteiger partial charge in [0, 0.05) is 48.5 Å². The van der Waals surface area contributed by atoms with Gasteiger partial charge in [0.2, 0.25) is 0 Å². The topological polar surface area (TPSA) is 68.9 Å². The Balaban J connectivity index is 1.53. The van der Waals surface area contributed by atoms with Gasteiger partial charge >= 0.3 is 0 Å². The van der Waals surface area contributed by atoms with Gasteiger partial charge in [0.1, 0.15) is 5.82 Å². The first-order valence-electron chi connectivity index (χ1n) is 9.19. The van der Waals surface area contributed by atoms with Crippen molar-refractivity contribution in [3.63, 3.8) is 0 Å². The van der Waals surface area contributed by atoms with E-state index in [1.54, 1.807) is 47.2 Å². The van der Waals surface area contributed by atoms with Crippen LogP contribution in [0, 0.1) is 0 Å². The van der Waals surface area contributed by atoms with Crippen molar-refractivity contribution in [3.05, 3.63) is 93.6 Å². The number of rotatable bonds is 5. The number of carbonyl (C=O) groups is 1. The van der Waals surface area contributed by atoms with E-state index >= 15 is 0 Å². The van der Waals surface area contributed by atoms with Crippen molar-refractivity contribution >= 4 is 34.2 Å². The molecule has 4 rings (SSSR count). The van der Waals surface area contributed by atoms with E-state index in [9.17, 15) is 9.59 Å². The number of pyridine rings is 1. The summed E-state index contributed by atoms with van der Waals surface area (Å²) in [5.74, 6) is 0.664. The van der Waals surface area contributed by atoms with Crippen LogP contribution in [0.4, 0.5) is 5.69 Å². The van der Waals surface area contributed by atoms with Crippen molar-refractivity contribution in [3.8, 4) is 0 Å². The van der Waals surface area contributed by atoms with Gasteiger partial charge in [-0.25, -0.2) is 4.98 Å². The highest BCUT2D eigenvalue weighted by Gasteiger charge is 2.11. The number of fused-ring (bicyclic) bond motifs is 1. The normalized spacial score (nSPS) is 11.0. The smallest absolute Gasteiger partial charge is 0.255 e. The standard InChI is InChI=1S/C22H19ClN4O2/c1-26-19-10-9-17(24-22(29)15-5-7-16(23)8-6-15)14-18(19)25-20(26)11-13-27-12-3-2-4-21(27)28/h2-10,12,14H,11,13H2,1H3,(H,24,29). The van der Waals surface area contributed by atoms with Gasteiger partial charge in [0.05, 0.1) is 11.0 Å². The van der Waals surface area contributed by atoms with Crippen LogP contribution in [0.3, 0.4) is 0 Å². The van der Waals surface area contributed by atoms with Crippen molar-refractivity contribution in [2.45, 2.75) is 13.0 Å². The number of aromatic nitrogens is 3. The summed E-state index contributed by atoms with van der Waals surface area (Å²) in [6.45, 7) is 0.553. The second kappa shape index (κ2) is 7.93. The molecule has 2 aromatic heterocycles. The minimum atomic E-state index is -0.208. The van der Waals surface area contributed by atoms with Gasteiger partial charge in [-0.15, -0.1) is 0 Å². The molecule has 4 aromatic rings. The molecule has 1 amide bonds. The third-order valence-electron chi connectivity index (χ3n) is 4.81. The van der Waals surface area contributed by atoms with E-state index in [1.807, 2.05) is 35.9 Å². The van der Waals surface area contributed by atoms with Crippen LogP contribution in [0.1, 0.15) is 16.2 Å². The molecule has 0 unspecified atom stereocenters. The Morgan fingerprint density at radius 2 is 1.90 bits per heavy atom. The fourth-order valence-corrected chi connectivity index (χ4v) is 3.35. The Bertz CT molecular complexity index is 1240. The molecule has 0 aliphatic heterocycles. The van der Waals surface area contributed by atoms with Crippen LogP contribution in [-0.4, -0.2) is 20.0 Å². The number of nitrogens with zero attached hydrogens (tertiary/aromatic N) is 3. The first-order valence-corrected chi connectivity index (χ1v) is 9.57. The monoisotopic (exact) mass is 406 g/mol. The van der Waals surface area contributed by atoms with Crippen LogP contribution >= 0.6 is 11.6 Å². The highest BCUT2D eigenvalue weighted by molar-refractivity contribution is 6.30. The summed E-state index contributed by atoms with van der Waals surface area (Å²) >= 11 is 5.87. The van der Waals surface area contributed by atoms with Crippen LogP contribution < -0.4 is 10.9 Å². The molecule has 0 saturated carbocycles. The Morgan fingerprint density at radius 1 is 1.10 bits per heavy atom. The highest BCUT2D eigenvalue weighted by atomic mass is 35.5. The number of halogens is 1. The van der Waals surface area contributed by atoms with Gasteiger partial charge in [-0.1, -0.05) is 17.7 Å². The SMILES string of the molecule is Cn1c(CCn2ccccc2=O)nc2cc(NC(=O)c3ccc(Cl)cc3)ccc21. The zero-order valence-corrected chi connectivity index (χ0v) is 16.6. The lowest BCUT2D eigenvalue weighted by atomic mass is 10.2. The molecule has 0 aliphatic carbocycles. The predicted octanol–water partition coefficient (Wildman–Crippen LogP) is 3.88. The zero-order valence-electron chi connectivity index (χ0n) is 15.8. The molecule has 2 aromatic carbocycles. The summed E-state index contributed by atoms with van der Waals surface area (Å²) in [6.07, 6.45) is 2.40. The summed E-state index contributed by atoms with van der Waals surface area (Å²) in [5.41, 5.74) is 2.92. The van der Waals surface area contributed by atoms with Crippen molar-refractivity contribution in [2.24, 2.45) is 7.05 Å². The van der Waals surface area contributed by atoms with Crippen molar-refractivity contribution < 1.29 is 4.79 Å². The molecule has 1 N–H and O–H groups in total. The van der Waals surface area contributed by atoms with Gasteiger partial charge in [-0.3, -0.25) is 9.59 Å². The van der Waals surface area contributed by atoms with E-state index in [2.05, 4.69) is 10.3 Å². The zero-order chi connectivity index (χ0) is 20.4. The van der Waals surface area contributed by atoms with Crippen LogP contribution in [0.15, 0.2) is 71.7 Å². The highest BCUT2D eigenvalue weighted by Crippen LogP contribution is 2.21. The number of aryl methyl sites for hydroxylation is 3. The van der Waals surface area contributed by atoms with Gasteiger partial charge < -0.3 is 14.5 Å². The fourth-order valence-electron chi connectivity index (χ4n) is 3.22. The Labute approximate surface area is 172 Å². The first kappa shape index (κ1) is 19.0. The number of anilines is 1. The van der Waals surface area contributed by atoms with Crippen LogP contribution in [0.2, 0.25) is 5.02 Å². The number of imidazole rings is 1. The Hall–Kier alpha value is -3.38. The number of benzene rings is 2. The fraction of sp³-hybridized carbons (Fsp3) is 0.136. The van der Waals surface area contributed by atoms with Gasteiger partial charge in [0.25, 0.3) is 11.5 Å². The molecule has 7 heteroatoms. The van der Waals surface area contributed by atoms with Gasteiger partial charge in [-0.2, -0.15) is 0 Å².